The van der Waals surface area contributed by atoms with E-state index in [-0.39, 0.29) is 43.7 Å². The van der Waals surface area contributed by atoms with Gasteiger partial charge in [-0.25, -0.2) is 0 Å². The quantitative estimate of drug-likeness (QED) is 0.249. The highest BCUT2D eigenvalue weighted by molar-refractivity contribution is 5.73. The van der Waals surface area contributed by atoms with Crippen LogP contribution in [0.4, 0.5) is 0 Å². The number of hydrogen-bond acceptors (Lipinski definition) is 6. The van der Waals surface area contributed by atoms with Crippen LogP contribution >= 0.6 is 0 Å². The molecule has 0 aromatic carbocycles. The molecule has 1 atom stereocenters. The van der Waals surface area contributed by atoms with Crippen molar-refractivity contribution >= 4 is 5.91 Å². The number of amides is 1. The minimum atomic E-state index is -0.284. The molecule has 0 spiro atoms. The summed E-state index contributed by atoms with van der Waals surface area (Å²) in [6.45, 7) is 23.2. The molecule has 1 heterocycles. The second-order valence-corrected chi connectivity index (χ2v) is 12.7. The van der Waals surface area contributed by atoms with Crippen LogP contribution in [0.25, 0.3) is 0 Å². The lowest BCUT2D eigenvalue weighted by atomic mass is 9.84. The molecular weight excluding hydrogens is 470 g/mol. The number of carbonyl (C=O) groups excluding carboxylic acids is 1. The number of carbonyl (C=O) groups is 1. The van der Waals surface area contributed by atoms with Gasteiger partial charge in [-0.15, -0.1) is 0 Å². The van der Waals surface area contributed by atoms with E-state index in [1.807, 2.05) is 11.8 Å². The van der Waals surface area contributed by atoms with Crippen LogP contribution in [0.1, 0.15) is 101 Å². The van der Waals surface area contributed by atoms with Gasteiger partial charge in [0.1, 0.15) is 0 Å². The summed E-state index contributed by atoms with van der Waals surface area (Å²) in [5, 5.41) is 43.2. The molecule has 0 bridgehead atoms. The lowest BCUT2D eigenvalue weighted by Gasteiger charge is -2.26. The molecule has 5 N–H and O–H groups in total. The van der Waals surface area contributed by atoms with Crippen molar-refractivity contribution in [3.63, 3.8) is 0 Å². The third kappa shape index (κ3) is 26.7. The van der Waals surface area contributed by atoms with E-state index in [4.69, 9.17) is 25.5 Å². The van der Waals surface area contributed by atoms with Crippen LogP contribution in [-0.2, 0) is 4.79 Å². The van der Waals surface area contributed by atoms with Gasteiger partial charge in [-0.3, -0.25) is 4.79 Å². The Morgan fingerprint density at radius 2 is 1.35 bits per heavy atom. The fourth-order valence-corrected chi connectivity index (χ4v) is 4.27. The maximum atomic E-state index is 11.0. The van der Waals surface area contributed by atoms with E-state index in [1.165, 1.54) is 12.8 Å². The summed E-state index contributed by atoms with van der Waals surface area (Å²) in [5.41, 5.74) is -0.284. The molecular formula is C30H65NO6. The highest BCUT2D eigenvalue weighted by atomic mass is 16.3. The van der Waals surface area contributed by atoms with Gasteiger partial charge in [0.05, 0.1) is 13.2 Å². The van der Waals surface area contributed by atoms with Gasteiger partial charge in [-0.1, -0.05) is 62.3 Å². The van der Waals surface area contributed by atoms with E-state index in [2.05, 4.69) is 55.4 Å². The average Bonchev–Trinajstić information content (AvgIpc) is 3.26. The van der Waals surface area contributed by atoms with E-state index in [0.29, 0.717) is 24.4 Å². The highest BCUT2D eigenvalue weighted by Crippen LogP contribution is 2.24. The fourth-order valence-electron chi connectivity index (χ4n) is 4.27. The number of rotatable bonds is 12. The van der Waals surface area contributed by atoms with Crippen molar-refractivity contribution < 1.29 is 30.3 Å². The zero-order valence-corrected chi connectivity index (χ0v) is 26.0. The van der Waals surface area contributed by atoms with Crippen molar-refractivity contribution in [2.75, 3.05) is 46.1 Å². The summed E-state index contributed by atoms with van der Waals surface area (Å²) in [6, 6.07) is 0. The summed E-state index contributed by atoms with van der Waals surface area (Å²) in [6.07, 6.45) is 5.19. The Morgan fingerprint density at radius 3 is 1.54 bits per heavy atom. The molecule has 1 fully saturated rings. The number of nitrogens with zero attached hydrogens (tertiary/aromatic N) is 1. The molecule has 0 aromatic rings. The van der Waals surface area contributed by atoms with Gasteiger partial charge in [-0.2, -0.15) is 0 Å². The van der Waals surface area contributed by atoms with E-state index in [0.717, 1.165) is 44.2 Å². The van der Waals surface area contributed by atoms with Gasteiger partial charge in [-0.05, 0) is 61.7 Å². The molecule has 0 aromatic heterocycles. The van der Waals surface area contributed by atoms with Gasteiger partial charge < -0.3 is 30.4 Å². The van der Waals surface area contributed by atoms with Crippen LogP contribution in [0.2, 0.25) is 0 Å². The zero-order valence-electron chi connectivity index (χ0n) is 26.0. The molecule has 7 heteroatoms. The van der Waals surface area contributed by atoms with Gasteiger partial charge in [0.15, 0.2) is 0 Å². The summed E-state index contributed by atoms with van der Waals surface area (Å²) >= 11 is 0. The van der Waals surface area contributed by atoms with Crippen molar-refractivity contribution in [3.8, 4) is 0 Å². The SMILES string of the molecule is CC(=O)N1CCC(CC(C)C)C1.CC(C)CC(C)(CO)CO.CC(C)CC(CO)CO.CC(C)CCO. The Labute approximate surface area is 229 Å². The summed E-state index contributed by atoms with van der Waals surface area (Å²) in [5.74, 6) is 3.59. The first-order valence-corrected chi connectivity index (χ1v) is 14.4. The molecule has 1 amide bonds. The monoisotopic (exact) mass is 535 g/mol. The molecule has 226 valence electrons. The van der Waals surface area contributed by atoms with Crippen LogP contribution < -0.4 is 0 Å². The molecule has 0 saturated carbocycles. The van der Waals surface area contributed by atoms with E-state index >= 15 is 0 Å². The first-order valence-electron chi connectivity index (χ1n) is 14.4. The molecule has 1 saturated heterocycles. The Balaban J connectivity index is -0.000000429. The Morgan fingerprint density at radius 1 is 0.838 bits per heavy atom. The minimum absolute atomic E-state index is 0.0711. The molecule has 37 heavy (non-hydrogen) atoms. The summed E-state index contributed by atoms with van der Waals surface area (Å²) < 4.78 is 0. The molecule has 7 nitrogen and oxygen atoms in total. The maximum Gasteiger partial charge on any atom is 0.219 e. The first-order chi connectivity index (χ1) is 17.1. The topological polar surface area (TPSA) is 121 Å². The lowest BCUT2D eigenvalue weighted by Crippen LogP contribution is -2.27. The van der Waals surface area contributed by atoms with E-state index in [1.54, 1.807) is 6.92 Å². The van der Waals surface area contributed by atoms with E-state index in [9.17, 15) is 4.79 Å². The smallest absolute Gasteiger partial charge is 0.219 e. The molecule has 1 rings (SSSR count). The summed E-state index contributed by atoms with van der Waals surface area (Å²) in [4.78, 5) is 13.0. The highest BCUT2D eigenvalue weighted by Gasteiger charge is 2.24. The number of aliphatic hydroxyl groups is 5. The van der Waals surface area contributed by atoms with Crippen molar-refractivity contribution in [3.05, 3.63) is 0 Å². The fraction of sp³-hybridized carbons (Fsp3) is 0.967. The van der Waals surface area contributed by atoms with Crippen molar-refractivity contribution in [2.24, 2.45) is 40.9 Å². The van der Waals surface area contributed by atoms with Crippen LogP contribution in [0.3, 0.4) is 0 Å². The van der Waals surface area contributed by atoms with Gasteiger partial charge >= 0.3 is 0 Å². The van der Waals surface area contributed by atoms with Crippen LogP contribution in [-0.4, -0.2) is 82.5 Å². The predicted octanol–water partition coefficient (Wildman–Crippen LogP) is 4.58. The first kappa shape index (κ1) is 40.8. The largest absolute Gasteiger partial charge is 0.396 e. The van der Waals surface area contributed by atoms with Crippen LogP contribution in [0.5, 0.6) is 0 Å². The second kappa shape index (κ2) is 24.3. The molecule has 1 unspecified atom stereocenters. The normalized spacial score (nSPS) is 15.5. The lowest BCUT2D eigenvalue weighted by molar-refractivity contribution is -0.127. The van der Waals surface area contributed by atoms with Crippen LogP contribution in [0, 0.1) is 40.9 Å². The molecule has 0 radical (unpaired) electrons. The molecule has 1 aliphatic heterocycles. The molecule has 0 aliphatic carbocycles. The molecule has 1 aliphatic rings. The average molecular weight is 536 g/mol. The third-order valence-electron chi connectivity index (χ3n) is 6.23. The van der Waals surface area contributed by atoms with Crippen LogP contribution in [0.15, 0.2) is 0 Å². The van der Waals surface area contributed by atoms with Crippen molar-refractivity contribution in [2.45, 2.75) is 101 Å². The standard InChI is InChI=1S/C10H19NO.C8H18O2.C7H16O2.C5H12O/c1-8(2)6-10-4-5-11(7-10)9(3)12;1-7(2)4-8(3,5-9)6-10;1-6(2)3-7(4-8)5-9;1-5(2)3-4-6/h8,10H,4-7H2,1-3H3;7,9-10H,4-6H2,1-3H3;6-9H,3-5H2,1-2H3;5-6H,3-4H2,1-2H3. The van der Waals surface area contributed by atoms with Crippen molar-refractivity contribution in [1.82, 2.24) is 4.90 Å². The Hall–Kier alpha value is -0.730. The zero-order chi connectivity index (χ0) is 29.6. The van der Waals surface area contributed by atoms with Gasteiger partial charge in [0, 0.05) is 51.2 Å². The van der Waals surface area contributed by atoms with Crippen molar-refractivity contribution in [1.29, 1.82) is 0 Å². The summed E-state index contributed by atoms with van der Waals surface area (Å²) in [7, 11) is 0. The van der Waals surface area contributed by atoms with Gasteiger partial charge in [0.2, 0.25) is 5.91 Å². The number of hydrogen-bond donors (Lipinski definition) is 5. The maximum absolute atomic E-state index is 11.0. The number of likely N-dealkylation sites (tertiary alicyclic amines) is 1. The predicted molar refractivity (Wildman–Crippen MR) is 155 cm³/mol. The third-order valence-corrected chi connectivity index (χ3v) is 6.23. The van der Waals surface area contributed by atoms with Gasteiger partial charge in [0.25, 0.3) is 0 Å². The Kier molecular flexibility index (Phi) is 26.8. The number of aliphatic hydroxyl groups excluding tert-OH is 5. The minimum Gasteiger partial charge on any atom is -0.396 e. The van der Waals surface area contributed by atoms with E-state index < -0.39 is 0 Å². The second-order valence-electron chi connectivity index (χ2n) is 12.7. The Bertz CT molecular complexity index is 502.